The van der Waals surface area contributed by atoms with Crippen molar-refractivity contribution in [2.75, 3.05) is 18.4 Å². The number of thioether (sulfide) groups is 1. The summed E-state index contributed by atoms with van der Waals surface area (Å²) < 4.78 is 52.0. The molecule has 152 valence electrons. The first-order chi connectivity index (χ1) is 13.2. The molecule has 0 aliphatic rings. The fourth-order valence-electron chi connectivity index (χ4n) is 2.51. The van der Waals surface area contributed by atoms with Crippen molar-refractivity contribution in [1.82, 2.24) is 4.31 Å². The van der Waals surface area contributed by atoms with Gasteiger partial charge in [0.2, 0.25) is 10.0 Å². The molecule has 0 atom stereocenters. The van der Waals surface area contributed by atoms with Gasteiger partial charge in [-0.05, 0) is 30.3 Å². The fourth-order valence-corrected chi connectivity index (χ4v) is 4.79. The molecule has 10 heteroatoms. The van der Waals surface area contributed by atoms with Crippen LogP contribution in [0.3, 0.4) is 0 Å². The van der Waals surface area contributed by atoms with Crippen LogP contribution in [0.15, 0.2) is 52.3 Å². The van der Waals surface area contributed by atoms with Crippen LogP contribution < -0.4 is 5.32 Å². The van der Waals surface area contributed by atoms with E-state index < -0.39 is 21.7 Å². The van der Waals surface area contributed by atoms with Crippen LogP contribution in [-0.2, 0) is 10.0 Å². The van der Waals surface area contributed by atoms with E-state index in [9.17, 15) is 22.0 Å². The molecular weight excluding hydrogens is 430 g/mol. The molecule has 0 spiro atoms. The molecule has 0 aliphatic heterocycles. The summed E-state index contributed by atoms with van der Waals surface area (Å²) in [6.45, 7) is 3.98. The third-order valence-electron chi connectivity index (χ3n) is 3.88. The van der Waals surface area contributed by atoms with E-state index in [-0.39, 0.29) is 39.2 Å². The molecule has 0 aromatic heterocycles. The van der Waals surface area contributed by atoms with Gasteiger partial charge in [0.1, 0.15) is 0 Å². The van der Waals surface area contributed by atoms with E-state index in [1.807, 2.05) is 0 Å². The maximum Gasteiger partial charge on any atom is 0.288 e. The predicted molar refractivity (Wildman–Crippen MR) is 108 cm³/mol. The summed E-state index contributed by atoms with van der Waals surface area (Å²) in [5.41, 5.74) is 0.123. The van der Waals surface area contributed by atoms with E-state index in [0.29, 0.717) is 11.8 Å². The van der Waals surface area contributed by atoms with Gasteiger partial charge in [-0.1, -0.05) is 49.3 Å². The molecule has 2 rings (SSSR count). The molecule has 0 heterocycles. The summed E-state index contributed by atoms with van der Waals surface area (Å²) in [6.07, 6.45) is 0. The van der Waals surface area contributed by atoms with Crippen LogP contribution in [0.1, 0.15) is 24.2 Å². The Morgan fingerprint density at radius 2 is 1.82 bits per heavy atom. The Hall–Kier alpha value is -1.68. The SMILES string of the molecule is CCN(CC)S(=O)(=O)c1ccc(Cl)c(C(=O)Nc2ccccc2SC(F)F)c1. The van der Waals surface area contributed by atoms with Crippen molar-refractivity contribution in [1.29, 1.82) is 0 Å². The number of anilines is 1. The van der Waals surface area contributed by atoms with Gasteiger partial charge >= 0.3 is 0 Å². The topological polar surface area (TPSA) is 66.5 Å². The van der Waals surface area contributed by atoms with Crippen molar-refractivity contribution >= 4 is 45.0 Å². The molecular formula is C18H19ClF2N2O3S2. The summed E-state index contributed by atoms with van der Waals surface area (Å²) in [4.78, 5) is 12.8. The lowest BCUT2D eigenvalue weighted by atomic mass is 10.2. The van der Waals surface area contributed by atoms with Crippen molar-refractivity contribution in [3.8, 4) is 0 Å². The number of carbonyl (C=O) groups excluding carboxylic acids is 1. The Morgan fingerprint density at radius 3 is 2.43 bits per heavy atom. The van der Waals surface area contributed by atoms with Crippen molar-refractivity contribution in [2.45, 2.75) is 29.4 Å². The van der Waals surface area contributed by atoms with Crippen LogP contribution in [0.4, 0.5) is 14.5 Å². The van der Waals surface area contributed by atoms with Crippen LogP contribution in [0.2, 0.25) is 5.02 Å². The van der Waals surface area contributed by atoms with Gasteiger partial charge in [-0.15, -0.1) is 0 Å². The molecule has 0 saturated heterocycles. The number of hydrogen-bond acceptors (Lipinski definition) is 4. The molecule has 0 saturated carbocycles. The van der Waals surface area contributed by atoms with Crippen LogP contribution in [-0.4, -0.2) is 37.5 Å². The maximum absolute atomic E-state index is 12.7. The van der Waals surface area contributed by atoms with Gasteiger partial charge in [-0.3, -0.25) is 4.79 Å². The van der Waals surface area contributed by atoms with Crippen LogP contribution >= 0.6 is 23.4 Å². The number of rotatable bonds is 8. The van der Waals surface area contributed by atoms with Crippen molar-refractivity contribution < 1.29 is 22.0 Å². The van der Waals surface area contributed by atoms with Crippen LogP contribution in [0, 0.1) is 0 Å². The number of benzene rings is 2. The second kappa shape index (κ2) is 9.69. The number of carbonyl (C=O) groups is 1. The lowest BCUT2D eigenvalue weighted by molar-refractivity contribution is 0.102. The number of sulfonamides is 1. The highest BCUT2D eigenvalue weighted by Crippen LogP contribution is 2.32. The fraction of sp³-hybridized carbons (Fsp3) is 0.278. The number of hydrogen-bond donors (Lipinski definition) is 1. The lowest BCUT2D eigenvalue weighted by Crippen LogP contribution is -2.30. The molecule has 2 aromatic rings. The second-order valence-electron chi connectivity index (χ2n) is 5.56. The highest BCUT2D eigenvalue weighted by atomic mass is 35.5. The zero-order valence-electron chi connectivity index (χ0n) is 15.2. The van der Waals surface area contributed by atoms with Gasteiger partial charge in [0.15, 0.2) is 0 Å². The van der Waals surface area contributed by atoms with Gasteiger partial charge in [-0.2, -0.15) is 13.1 Å². The average molecular weight is 449 g/mol. The molecule has 0 radical (unpaired) electrons. The van der Waals surface area contributed by atoms with Gasteiger partial charge in [0, 0.05) is 18.0 Å². The molecule has 5 nitrogen and oxygen atoms in total. The third kappa shape index (κ3) is 5.22. The summed E-state index contributed by atoms with van der Waals surface area (Å²) in [5, 5.41) is 2.57. The zero-order chi connectivity index (χ0) is 20.9. The maximum atomic E-state index is 12.7. The van der Waals surface area contributed by atoms with E-state index in [0.717, 1.165) is 0 Å². The van der Waals surface area contributed by atoms with E-state index in [4.69, 9.17) is 11.6 Å². The summed E-state index contributed by atoms with van der Waals surface area (Å²) in [7, 11) is -3.78. The highest BCUT2D eigenvalue weighted by molar-refractivity contribution is 7.99. The number of nitrogens with one attached hydrogen (secondary N) is 1. The quantitative estimate of drug-likeness (QED) is 0.581. The molecule has 1 amide bonds. The van der Waals surface area contributed by atoms with Gasteiger partial charge < -0.3 is 5.32 Å². The van der Waals surface area contributed by atoms with Gasteiger partial charge in [0.05, 0.1) is 21.2 Å². The standard InChI is InChI=1S/C18H19ClF2N2O3S2/c1-3-23(4-2)28(25,26)12-9-10-14(19)13(11-12)17(24)22-15-7-5-6-8-16(15)27-18(20)21/h5-11,18H,3-4H2,1-2H3,(H,22,24). The minimum atomic E-state index is -3.78. The van der Waals surface area contributed by atoms with E-state index in [1.54, 1.807) is 26.0 Å². The van der Waals surface area contributed by atoms with Crippen molar-refractivity contribution in [3.05, 3.63) is 53.1 Å². The van der Waals surface area contributed by atoms with Crippen LogP contribution in [0.5, 0.6) is 0 Å². The molecule has 2 aromatic carbocycles. The molecule has 0 bridgehead atoms. The highest BCUT2D eigenvalue weighted by Gasteiger charge is 2.24. The first-order valence-electron chi connectivity index (χ1n) is 8.35. The lowest BCUT2D eigenvalue weighted by Gasteiger charge is -2.19. The largest absolute Gasteiger partial charge is 0.321 e. The summed E-state index contributed by atoms with van der Waals surface area (Å²) in [6, 6.07) is 9.94. The minimum Gasteiger partial charge on any atom is -0.321 e. The van der Waals surface area contributed by atoms with Crippen molar-refractivity contribution in [2.24, 2.45) is 0 Å². The average Bonchev–Trinajstić information content (AvgIpc) is 2.63. The number of amides is 1. The van der Waals surface area contributed by atoms with Crippen LogP contribution in [0.25, 0.3) is 0 Å². The number of alkyl halides is 2. The van der Waals surface area contributed by atoms with E-state index in [1.165, 1.54) is 34.6 Å². The first-order valence-corrected chi connectivity index (χ1v) is 11.0. The predicted octanol–water partition coefficient (Wildman–Crippen LogP) is 4.94. The molecule has 1 N–H and O–H groups in total. The normalized spacial score (nSPS) is 11.8. The Morgan fingerprint density at radius 1 is 1.18 bits per heavy atom. The Bertz CT molecular complexity index is 952. The Kier molecular flexibility index (Phi) is 7.82. The summed E-state index contributed by atoms with van der Waals surface area (Å²) >= 11 is 6.38. The molecule has 0 aliphatic carbocycles. The van der Waals surface area contributed by atoms with E-state index >= 15 is 0 Å². The van der Waals surface area contributed by atoms with Gasteiger partial charge in [0.25, 0.3) is 11.7 Å². The Balaban J connectivity index is 2.37. The Labute approximate surface area is 172 Å². The third-order valence-corrected chi connectivity index (χ3v) is 7.04. The van der Waals surface area contributed by atoms with Crippen molar-refractivity contribution in [3.63, 3.8) is 0 Å². The zero-order valence-corrected chi connectivity index (χ0v) is 17.5. The molecule has 0 unspecified atom stereocenters. The number of para-hydroxylation sites is 1. The second-order valence-corrected chi connectivity index (χ2v) is 8.94. The molecule has 28 heavy (non-hydrogen) atoms. The summed E-state index contributed by atoms with van der Waals surface area (Å²) in [5.74, 6) is -3.34. The van der Waals surface area contributed by atoms with Gasteiger partial charge in [-0.25, -0.2) is 8.42 Å². The van der Waals surface area contributed by atoms with E-state index in [2.05, 4.69) is 5.32 Å². The molecule has 0 fully saturated rings. The monoisotopic (exact) mass is 448 g/mol. The smallest absolute Gasteiger partial charge is 0.288 e. The number of halogens is 3. The number of nitrogens with zero attached hydrogens (tertiary/aromatic N) is 1. The first kappa shape index (κ1) is 22.6. The minimum absolute atomic E-state index is 0.0509.